The van der Waals surface area contributed by atoms with Crippen LogP contribution in [0.1, 0.15) is 25.7 Å². The summed E-state index contributed by atoms with van der Waals surface area (Å²) in [7, 11) is 0. The number of piperazine rings is 1. The van der Waals surface area contributed by atoms with E-state index in [4.69, 9.17) is 5.11 Å². The van der Waals surface area contributed by atoms with E-state index in [1.54, 1.807) is 11.3 Å². The Balaban J connectivity index is 1.42. The fourth-order valence-corrected chi connectivity index (χ4v) is 4.12. The molecule has 0 unspecified atom stereocenters. The van der Waals surface area contributed by atoms with Gasteiger partial charge in [0, 0.05) is 32.2 Å². The Bertz CT molecular complexity index is 533. The average Bonchev–Trinajstić information content (AvgIpc) is 3.10. The largest absolute Gasteiger partial charge is 0.481 e. The van der Waals surface area contributed by atoms with Gasteiger partial charge < -0.3 is 20.2 Å². The number of aliphatic carboxylic acids is 1. The second kappa shape index (κ2) is 7.21. The van der Waals surface area contributed by atoms with Crippen LogP contribution in [-0.4, -0.2) is 54.2 Å². The molecule has 1 saturated heterocycles. The number of nitrogens with zero attached hydrogens (tertiary/aromatic N) is 2. The molecular formula is C16H23N3O3S. The number of anilines is 1. The van der Waals surface area contributed by atoms with E-state index < -0.39 is 5.97 Å². The molecule has 6 nitrogen and oxygen atoms in total. The highest BCUT2D eigenvalue weighted by molar-refractivity contribution is 7.14. The van der Waals surface area contributed by atoms with E-state index in [0.29, 0.717) is 12.8 Å². The Hall–Kier alpha value is -1.76. The number of hydrogen-bond donors (Lipinski definition) is 2. The van der Waals surface area contributed by atoms with E-state index >= 15 is 0 Å². The first-order valence-corrected chi connectivity index (χ1v) is 9.08. The van der Waals surface area contributed by atoms with Crippen LogP contribution in [0.3, 0.4) is 0 Å². The Morgan fingerprint density at radius 1 is 1.13 bits per heavy atom. The summed E-state index contributed by atoms with van der Waals surface area (Å²) >= 11 is 1.73. The number of rotatable bonds is 3. The Labute approximate surface area is 140 Å². The van der Waals surface area contributed by atoms with E-state index in [-0.39, 0.29) is 18.0 Å². The van der Waals surface area contributed by atoms with E-state index in [0.717, 1.165) is 39.0 Å². The van der Waals surface area contributed by atoms with Gasteiger partial charge >= 0.3 is 12.0 Å². The lowest BCUT2D eigenvalue weighted by atomic mass is 9.86. The van der Waals surface area contributed by atoms with E-state index in [2.05, 4.69) is 21.7 Å². The molecule has 2 aliphatic rings. The lowest BCUT2D eigenvalue weighted by Crippen LogP contribution is -2.53. The number of carboxylic acid groups (broad SMARTS) is 1. The number of carboxylic acids is 1. The third-order valence-corrected chi connectivity index (χ3v) is 5.72. The third kappa shape index (κ3) is 3.96. The summed E-state index contributed by atoms with van der Waals surface area (Å²) in [6, 6.07) is 4.27. The Kier molecular flexibility index (Phi) is 5.05. The van der Waals surface area contributed by atoms with Gasteiger partial charge in [-0.2, -0.15) is 0 Å². The molecule has 2 fully saturated rings. The topological polar surface area (TPSA) is 72.9 Å². The number of urea groups is 1. The molecule has 3 rings (SSSR count). The highest BCUT2D eigenvalue weighted by atomic mass is 32.1. The fraction of sp³-hybridized carbons (Fsp3) is 0.625. The summed E-state index contributed by atoms with van der Waals surface area (Å²) in [5.74, 6) is -0.947. The first-order chi connectivity index (χ1) is 11.1. The molecule has 126 valence electrons. The molecule has 1 saturated carbocycles. The molecule has 0 atom stereocenters. The lowest BCUT2D eigenvalue weighted by Gasteiger charge is -2.36. The predicted molar refractivity (Wildman–Crippen MR) is 90.0 cm³/mol. The Morgan fingerprint density at radius 2 is 1.83 bits per heavy atom. The van der Waals surface area contributed by atoms with Crippen LogP contribution in [0.15, 0.2) is 17.5 Å². The number of amides is 2. The average molecular weight is 337 g/mol. The van der Waals surface area contributed by atoms with Crippen molar-refractivity contribution < 1.29 is 14.7 Å². The first-order valence-electron chi connectivity index (χ1n) is 8.20. The normalized spacial score (nSPS) is 25.2. The highest BCUT2D eigenvalue weighted by Gasteiger charge is 2.28. The smallest absolute Gasteiger partial charge is 0.317 e. The van der Waals surface area contributed by atoms with Crippen molar-refractivity contribution in [3.8, 4) is 0 Å². The van der Waals surface area contributed by atoms with Crippen molar-refractivity contribution in [3.63, 3.8) is 0 Å². The minimum absolute atomic E-state index is 0.00500. The van der Waals surface area contributed by atoms with Crippen LogP contribution >= 0.6 is 11.3 Å². The first kappa shape index (κ1) is 16.1. The minimum atomic E-state index is -0.709. The van der Waals surface area contributed by atoms with Gasteiger partial charge in [-0.25, -0.2) is 4.79 Å². The molecule has 0 radical (unpaired) electrons. The van der Waals surface area contributed by atoms with Gasteiger partial charge in [0.05, 0.1) is 10.9 Å². The van der Waals surface area contributed by atoms with Gasteiger partial charge in [-0.3, -0.25) is 4.79 Å². The minimum Gasteiger partial charge on any atom is -0.481 e. The molecular weight excluding hydrogens is 314 g/mol. The van der Waals surface area contributed by atoms with Crippen molar-refractivity contribution in [1.82, 2.24) is 10.2 Å². The summed E-state index contributed by atoms with van der Waals surface area (Å²) in [4.78, 5) is 27.5. The molecule has 2 amide bonds. The van der Waals surface area contributed by atoms with E-state index in [1.165, 1.54) is 5.00 Å². The number of nitrogens with one attached hydrogen (secondary N) is 1. The fourth-order valence-electron chi connectivity index (χ4n) is 3.33. The second-order valence-electron chi connectivity index (χ2n) is 6.26. The van der Waals surface area contributed by atoms with Crippen LogP contribution in [-0.2, 0) is 4.79 Å². The maximum absolute atomic E-state index is 12.4. The molecule has 2 heterocycles. The number of carbonyl (C=O) groups excluding carboxylic acids is 1. The van der Waals surface area contributed by atoms with Gasteiger partial charge in [-0.1, -0.05) is 0 Å². The summed E-state index contributed by atoms with van der Waals surface area (Å²) < 4.78 is 0. The van der Waals surface area contributed by atoms with Gasteiger partial charge in [-0.15, -0.1) is 11.3 Å². The zero-order valence-corrected chi connectivity index (χ0v) is 13.9. The molecule has 0 aromatic carbocycles. The lowest BCUT2D eigenvalue weighted by molar-refractivity contribution is -0.142. The van der Waals surface area contributed by atoms with Crippen molar-refractivity contribution in [3.05, 3.63) is 17.5 Å². The van der Waals surface area contributed by atoms with Crippen LogP contribution in [0.5, 0.6) is 0 Å². The van der Waals surface area contributed by atoms with E-state index in [9.17, 15) is 9.59 Å². The zero-order valence-electron chi connectivity index (χ0n) is 13.1. The van der Waals surface area contributed by atoms with Crippen molar-refractivity contribution in [2.24, 2.45) is 5.92 Å². The molecule has 2 N–H and O–H groups in total. The maximum atomic E-state index is 12.4. The highest BCUT2D eigenvalue weighted by Crippen LogP contribution is 2.25. The van der Waals surface area contributed by atoms with Gasteiger partial charge in [0.1, 0.15) is 0 Å². The van der Waals surface area contributed by atoms with Crippen LogP contribution < -0.4 is 10.2 Å². The summed E-state index contributed by atoms with van der Waals surface area (Å²) in [5, 5.41) is 15.4. The van der Waals surface area contributed by atoms with Crippen molar-refractivity contribution in [1.29, 1.82) is 0 Å². The van der Waals surface area contributed by atoms with Crippen molar-refractivity contribution >= 4 is 28.3 Å². The van der Waals surface area contributed by atoms with Gasteiger partial charge in [0.2, 0.25) is 0 Å². The molecule has 1 aromatic rings. The molecule has 0 bridgehead atoms. The van der Waals surface area contributed by atoms with Gasteiger partial charge in [0.15, 0.2) is 0 Å². The molecule has 7 heteroatoms. The summed E-state index contributed by atoms with van der Waals surface area (Å²) in [6.45, 7) is 3.18. The van der Waals surface area contributed by atoms with Crippen LogP contribution in [0.4, 0.5) is 9.80 Å². The van der Waals surface area contributed by atoms with Crippen molar-refractivity contribution in [2.45, 2.75) is 31.7 Å². The molecule has 1 aromatic heterocycles. The van der Waals surface area contributed by atoms with E-state index in [1.807, 2.05) is 11.0 Å². The number of hydrogen-bond acceptors (Lipinski definition) is 4. The predicted octanol–water partition coefficient (Wildman–Crippen LogP) is 2.22. The summed E-state index contributed by atoms with van der Waals surface area (Å²) in [6.07, 6.45) is 2.84. The number of carbonyl (C=O) groups is 2. The SMILES string of the molecule is O=C(O)C1CCC(NC(=O)N2CCN(c3cccs3)CC2)CC1. The second-order valence-corrected chi connectivity index (χ2v) is 7.19. The zero-order chi connectivity index (χ0) is 16.2. The van der Waals surface area contributed by atoms with Crippen molar-refractivity contribution in [2.75, 3.05) is 31.1 Å². The standard InChI is InChI=1S/C16H23N3O3S/c20-15(21)12-3-5-13(6-4-12)17-16(22)19-9-7-18(8-10-19)14-2-1-11-23-14/h1-2,11-13H,3-10H2,(H,17,22)(H,20,21). The summed E-state index contributed by atoms with van der Waals surface area (Å²) in [5.41, 5.74) is 0. The van der Waals surface area contributed by atoms with Gasteiger partial charge in [0.25, 0.3) is 0 Å². The monoisotopic (exact) mass is 337 g/mol. The molecule has 0 spiro atoms. The van der Waals surface area contributed by atoms with Crippen LogP contribution in [0.25, 0.3) is 0 Å². The maximum Gasteiger partial charge on any atom is 0.317 e. The number of thiophene rings is 1. The van der Waals surface area contributed by atoms with Gasteiger partial charge in [-0.05, 0) is 43.2 Å². The Morgan fingerprint density at radius 3 is 2.39 bits per heavy atom. The van der Waals surface area contributed by atoms with Crippen LogP contribution in [0, 0.1) is 5.92 Å². The third-order valence-electron chi connectivity index (χ3n) is 4.79. The molecule has 23 heavy (non-hydrogen) atoms. The molecule has 1 aliphatic carbocycles. The molecule has 1 aliphatic heterocycles. The quantitative estimate of drug-likeness (QED) is 0.887. The van der Waals surface area contributed by atoms with Crippen LogP contribution in [0.2, 0.25) is 0 Å².